The van der Waals surface area contributed by atoms with Crippen molar-refractivity contribution in [3.8, 4) is 0 Å². The lowest BCUT2D eigenvalue weighted by atomic mass is 10.2. The van der Waals surface area contributed by atoms with E-state index in [0.717, 1.165) is 58.3 Å². The standard InChI is InChI=1S/C14H26N4O/c19-14(12-16-5-3-15-4-6-16)18-9-7-17(8-10-18)11-13-1-2-13/h13,15H,1-12H2. The number of piperazine rings is 2. The second kappa shape index (κ2) is 6.20. The Morgan fingerprint density at radius 2 is 1.63 bits per heavy atom. The van der Waals surface area contributed by atoms with E-state index in [1.165, 1.54) is 19.4 Å². The molecule has 0 spiro atoms. The first-order valence-electron chi connectivity index (χ1n) is 7.74. The van der Waals surface area contributed by atoms with Gasteiger partial charge in [0.2, 0.25) is 5.91 Å². The summed E-state index contributed by atoms with van der Waals surface area (Å²) in [5.41, 5.74) is 0. The van der Waals surface area contributed by atoms with Gasteiger partial charge in [-0.2, -0.15) is 0 Å². The van der Waals surface area contributed by atoms with E-state index in [9.17, 15) is 4.79 Å². The largest absolute Gasteiger partial charge is 0.339 e. The summed E-state index contributed by atoms with van der Waals surface area (Å²) in [6.45, 7) is 9.93. The lowest BCUT2D eigenvalue weighted by molar-refractivity contribution is -0.134. The summed E-state index contributed by atoms with van der Waals surface area (Å²) < 4.78 is 0. The predicted molar refractivity (Wildman–Crippen MR) is 75.1 cm³/mol. The number of carbonyl (C=O) groups is 1. The van der Waals surface area contributed by atoms with Crippen LogP contribution < -0.4 is 5.32 Å². The predicted octanol–water partition coefficient (Wildman–Crippen LogP) is -0.554. The number of carbonyl (C=O) groups excluding carboxylic acids is 1. The monoisotopic (exact) mass is 266 g/mol. The average molecular weight is 266 g/mol. The van der Waals surface area contributed by atoms with E-state index in [1.807, 2.05) is 0 Å². The van der Waals surface area contributed by atoms with Gasteiger partial charge in [-0.05, 0) is 18.8 Å². The number of hydrogen-bond donors (Lipinski definition) is 1. The maximum absolute atomic E-state index is 12.3. The summed E-state index contributed by atoms with van der Waals surface area (Å²) in [6, 6.07) is 0. The van der Waals surface area contributed by atoms with Crippen molar-refractivity contribution in [3.63, 3.8) is 0 Å². The molecule has 3 fully saturated rings. The zero-order valence-corrected chi connectivity index (χ0v) is 11.8. The molecule has 108 valence electrons. The number of hydrogen-bond acceptors (Lipinski definition) is 4. The van der Waals surface area contributed by atoms with Crippen molar-refractivity contribution in [2.24, 2.45) is 5.92 Å². The van der Waals surface area contributed by atoms with Crippen molar-refractivity contribution >= 4 is 5.91 Å². The molecule has 1 saturated carbocycles. The maximum Gasteiger partial charge on any atom is 0.236 e. The minimum atomic E-state index is 0.327. The van der Waals surface area contributed by atoms with Gasteiger partial charge < -0.3 is 10.2 Å². The van der Waals surface area contributed by atoms with Gasteiger partial charge in [0.25, 0.3) is 0 Å². The van der Waals surface area contributed by atoms with E-state index in [1.54, 1.807) is 0 Å². The molecule has 19 heavy (non-hydrogen) atoms. The molecule has 0 radical (unpaired) electrons. The molecule has 3 rings (SSSR count). The first-order chi connectivity index (χ1) is 9.31. The highest BCUT2D eigenvalue weighted by molar-refractivity contribution is 5.78. The molecule has 0 aromatic carbocycles. The van der Waals surface area contributed by atoms with Gasteiger partial charge in [0.15, 0.2) is 0 Å². The van der Waals surface area contributed by atoms with E-state index in [0.29, 0.717) is 12.5 Å². The molecule has 3 aliphatic rings. The highest BCUT2D eigenvalue weighted by Crippen LogP contribution is 2.29. The SMILES string of the molecule is O=C(CN1CCNCC1)N1CCN(CC2CC2)CC1. The average Bonchev–Trinajstić information content (AvgIpc) is 3.25. The third-order valence-electron chi connectivity index (χ3n) is 4.51. The lowest BCUT2D eigenvalue weighted by Gasteiger charge is -2.36. The van der Waals surface area contributed by atoms with Crippen molar-refractivity contribution < 1.29 is 4.79 Å². The topological polar surface area (TPSA) is 38.8 Å². The fourth-order valence-electron chi connectivity index (χ4n) is 3.01. The number of nitrogens with one attached hydrogen (secondary N) is 1. The molecule has 0 atom stereocenters. The molecule has 2 heterocycles. The van der Waals surface area contributed by atoms with Crippen LogP contribution in [-0.2, 0) is 4.79 Å². The van der Waals surface area contributed by atoms with Crippen LogP contribution >= 0.6 is 0 Å². The molecule has 5 nitrogen and oxygen atoms in total. The molecule has 5 heteroatoms. The summed E-state index contributed by atoms with van der Waals surface area (Å²) >= 11 is 0. The Kier molecular flexibility index (Phi) is 4.35. The third kappa shape index (κ3) is 3.91. The highest BCUT2D eigenvalue weighted by Gasteiger charge is 2.28. The van der Waals surface area contributed by atoms with Gasteiger partial charge in [0, 0.05) is 58.9 Å². The van der Waals surface area contributed by atoms with Gasteiger partial charge in [-0.3, -0.25) is 14.6 Å². The van der Waals surface area contributed by atoms with Gasteiger partial charge in [0.05, 0.1) is 6.54 Å². The molecule has 0 bridgehead atoms. The first-order valence-corrected chi connectivity index (χ1v) is 7.74. The molecular weight excluding hydrogens is 240 g/mol. The number of amides is 1. The number of rotatable bonds is 4. The van der Waals surface area contributed by atoms with Crippen molar-refractivity contribution in [2.75, 3.05) is 65.4 Å². The summed E-state index contributed by atoms with van der Waals surface area (Å²) in [4.78, 5) is 19.1. The molecule has 0 aromatic rings. The van der Waals surface area contributed by atoms with Gasteiger partial charge >= 0.3 is 0 Å². The second-order valence-electron chi connectivity index (χ2n) is 6.15. The smallest absolute Gasteiger partial charge is 0.236 e. The van der Waals surface area contributed by atoms with Crippen LogP contribution in [0.2, 0.25) is 0 Å². The summed E-state index contributed by atoms with van der Waals surface area (Å²) in [5.74, 6) is 1.29. The molecule has 2 saturated heterocycles. The zero-order chi connectivity index (χ0) is 13.1. The van der Waals surface area contributed by atoms with Gasteiger partial charge in [-0.1, -0.05) is 0 Å². The summed E-state index contributed by atoms with van der Waals surface area (Å²) in [6.07, 6.45) is 2.84. The molecule has 2 aliphatic heterocycles. The van der Waals surface area contributed by atoms with Crippen LogP contribution in [0.5, 0.6) is 0 Å². The Labute approximate surface area is 115 Å². The van der Waals surface area contributed by atoms with E-state index in [-0.39, 0.29) is 0 Å². The van der Waals surface area contributed by atoms with Crippen LogP contribution in [0.3, 0.4) is 0 Å². The Hall–Kier alpha value is -0.650. The van der Waals surface area contributed by atoms with Gasteiger partial charge in [-0.25, -0.2) is 0 Å². The first kappa shape index (κ1) is 13.3. The van der Waals surface area contributed by atoms with Crippen molar-refractivity contribution in [1.29, 1.82) is 0 Å². The normalized spacial score (nSPS) is 26.6. The van der Waals surface area contributed by atoms with Crippen molar-refractivity contribution in [3.05, 3.63) is 0 Å². The van der Waals surface area contributed by atoms with E-state index in [4.69, 9.17) is 0 Å². The quantitative estimate of drug-likeness (QED) is 0.741. The molecule has 0 unspecified atom stereocenters. The van der Waals surface area contributed by atoms with Gasteiger partial charge in [-0.15, -0.1) is 0 Å². The lowest BCUT2D eigenvalue weighted by Crippen LogP contribution is -2.53. The van der Waals surface area contributed by atoms with Crippen molar-refractivity contribution in [1.82, 2.24) is 20.0 Å². The molecule has 0 aromatic heterocycles. The Balaban J connectivity index is 1.38. The molecule has 1 amide bonds. The van der Waals surface area contributed by atoms with Crippen molar-refractivity contribution in [2.45, 2.75) is 12.8 Å². The van der Waals surface area contributed by atoms with Crippen LogP contribution in [0, 0.1) is 5.92 Å². The van der Waals surface area contributed by atoms with Crippen LogP contribution in [-0.4, -0.2) is 86.1 Å². The van der Waals surface area contributed by atoms with Crippen LogP contribution in [0.4, 0.5) is 0 Å². The number of nitrogens with zero attached hydrogens (tertiary/aromatic N) is 3. The van der Waals surface area contributed by atoms with E-state index < -0.39 is 0 Å². The summed E-state index contributed by atoms with van der Waals surface area (Å²) in [5, 5.41) is 3.32. The fraction of sp³-hybridized carbons (Fsp3) is 0.929. The fourth-order valence-corrected chi connectivity index (χ4v) is 3.01. The Bertz CT molecular complexity index is 305. The van der Waals surface area contributed by atoms with Gasteiger partial charge in [0.1, 0.15) is 0 Å². The van der Waals surface area contributed by atoms with E-state index in [2.05, 4.69) is 20.0 Å². The van der Waals surface area contributed by atoms with Crippen LogP contribution in [0.15, 0.2) is 0 Å². The molecular formula is C14H26N4O. The van der Waals surface area contributed by atoms with Crippen LogP contribution in [0.1, 0.15) is 12.8 Å². The minimum absolute atomic E-state index is 0.327. The maximum atomic E-state index is 12.3. The zero-order valence-electron chi connectivity index (χ0n) is 11.8. The Morgan fingerprint density at radius 3 is 2.26 bits per heavy atom. The third-order valence-corrected chi connectivity index (χ3v) is 4.51. The van der Waals surface area contributed by atoms with E-state index >= 15 is 0 Å². The highest BCUT2D eigenvalue weighted by atomic mass is 16.2. The van der Waals surface area contributed by atoms with Crippen LogP contribution in [0.25, 0.3) is 0 Å². The molecule has 1 aliphatic carbocycles. The second-order valence-corrected chi connectivity index (χ2v) is 6.15. The minimum Gasteiger partial charge on any atom is -0.339 e. The summed E-state index contributed by atoms with van der Waals surface area (Å²) in [7, 11) is 0. The molecule has 1 N–H and O–H groups in total. The Morgan fingerprint density at radius 1 is 0.947 bits per heavy atom.